The van der Waals surface area contributed by atoms with E-state index in [0.29, 0.717) is 31.2 Å². The van der Waals surface area contributed by atoms with Crippen molar-refractivity contribution in [3.05, 3.63) is 64.7 Å². The molecule has 6 nitrogen and oxygen atoms in total. The summed E-state index contributed by atoms with van der Waals surface area (Å²) in [4.78, 5) is 25.4. The van der Waals surface area contributed by atoms with Crippen molar-refractivity contribution in [2.45, 2.75) is 68.9 Å². The molecule has 33 heavy (non-hydrogen) atoms. The molecule has 0 radical (unpaired) electrons. The molecule has 1 N–H and O–H groups in total. The van der Waals surface area contributed by atoms with E-state index < -0.39 is 20.6 Å². The van der Waals surface area contributed by atoms with Gasteiger partial charge in [0.05, 0.1) is 11.4 Å². The Hall–Kier alpha value is -2.67. The lowest BCUT2D eigenvalue weighted by atomic mass is 10.1. The first-order valence-electron chi connectivity index (χ1n) is 11.5. The first kappa shape index (κ1) is 25.0. The highest BCUT2D eigenvalue weighted by atomic mass is 32.2. The highest BCUT2D eigenvalue weighted by molar-refractivity contribution is 7.93. The number of nitrogens with one attached hydrogen (secondary N) is 1. The molecular weight excluding hydrogens is 438 g/mol. The van der Waals surface area contributed by atoms with E-state index in [9.17, 15) is 18.0 Å². The molecule has 1 saturated carbocycles. The van der Waals surface area contributed by atoms with Crippen molar-refractivity contribution in [3.8, 4) is 0 Å². The molecular formula is C26H33NO5S. The molecule has 1 aliphatic rings. The van der Waals surface area contributed by atoms with E-state index in [2.05, 4.69) is 5.32 Å². The topological polar surface area (TPSA) is 89.5 Å². The normalized spacial score (nSPS) is 15.2. The van der Waals surface area contributed by atoms with Crippen molar-refractivity contribution >= 4 is 21.7 Å². The zero-order chi connectivity index (χ0) is 24.1. The van der Waals surface area contributed by atoms with Gasteiger partial charge in [-0.15, -0.1) is 0 Å². The second kappa shape index (κ2) is 10.5. The molecule has 2 aromatic rings. The van der Waals surface area contributed by atoms with Crippen molar-refractivity contribution in [1.82, 2.24) is 5.32 Å². The molecule has 0 saturated heterocycles. The van der Waals surface area contributed by atoms with E-state index in [0.717, 1.165) is 11.1 Å². The zero-order valence-corrected chi connectivity index (χ0v) is 20.5. The monoisotopic (exact) mass is 471 g/mol. The van der Waals surface area contributed by atoms with Crippen LogP contribution in [0.3, 0.4) is 0 Å². The van der Waals surface area contributed by atoms with Gasteiger partial charge in [0.15, 0.2) is 14.6 Å². The summed E-state index contributed by atoms with van der Waals surface area (Å²) in [6, 6.07) is 13.3. The summed E-state index contributed by atoms with van der Waals surface area (Å²) >= 11 is 0. The Kier molecular flexibility index (Phi) is 7.95. The number of hydrogen-bond donors (Lipinski definition) is 1. The molecule has 0 aliphatic heterocycles. The van der Waals surface area contributed by atoms with Gasteiger partial charge in [-0.25, -0.2) is 8.42 Å². The molecule has 7 heteroatoms. The molecule has 178 valence electrons. The Morgan fingerprint density at radius 1 is 0.970 bits per heavy atom. The molecule has 0 bridgehead atoms. The number of carbonyl (C=O) groups is 2. The van der Waals surface area contributed by atoms with Crippen LogP contribution in [0.5, 0.6) is 0 Å². The van der Waals surface area contributed by atoms with Gasteiger partial charge >= 0.3 is 5.97 Å². The van der Waals surface area contributed by atoms with Crippen molar-refractivity contribution in [2.75, 3.05) is 13.2 Å². The Morgan fingerprint density at radius 2 is 1.61 bits per heavy atom. The molecule has 1 fully saturated rings. The Morgan fingerprint density at radius 3 is 2.27 bits per heavy atom. The number of rotatable bonds is 9. The number of esters is 1. The SMILES string of the molecule is Cc1ccc(CCC(=O)NCCOC(=O)C2(S(=O)(=O)c3cc(C)ccc3C)CCCC2)cc1. The van der Waals surface area contributed by atoms with Crippen LogP contribution in [0.15, 0.2) is 47.4 Å². The lowest BCUT2D eigenvalue weighted by Gasteiger charge is -2.27. The second-order valence-corrected chi connectivity index (χ2v) is 11.2. The summed E-state index contributed by atoms with van der Waals surface area (Å²) in [5.74, 6) is -0.847. The third-order valence-electron chi connectivity index (χ3n) is 6.35. The van der Waals surface area contributed by atoms with Crippen molar-refractivity contribution in [2.24, 2.45) is 0 Å². The number of aryl methyl sites for hydroxylation is 4. The fraction of sp³-hybridized carbons (Fsp3) is 0.462. The Balaban J connectivity index is 1.57. The minimum absolute atomic E-state index is 0.0564. The molecule has 3 rings (SSSR count). The molecule has 0 atom stereocenters. The van der Waals surface area contributed by atoms with Gasteiger partial charge < -0.3 is 10.1 Å². The summed E-state index contributed by atoms with van der Waals surface area (Å²) in [6.07, 6.45) is 2.80. The zero-order valence-electron chi connectivity index (χ0n) is 19.6. The maximum atomic E-state index is 13.6. The van der Waals surface area contributed by atoms with Crippen molar-refractivity contribution in [1.29, 1.82) is 0 Å². The van der Waals surface area contributed by atoms with Crippen LogP contribution in [0.1, 0.15) is 54.4 Å². The molecule has 0 unspecified atom stereocenters. The summed E-state index contributed by atoms with van der Waals surface area (Å²) < 4.78 is 31.0. The number of benzene rings is 2. The first-order valence-corrected chi connectivity index (χ1v) is 13.0. The van der Waals surface area contributed by atoms with Crippen LogP contribution in [-0.2, 0) is 30.6 Å². The lowest BCUT2D eigenvalue weighted by molar-refractivity contribution is -0.147. The fourth-order valence-electron chi connectivity index (χ4n) is 4.30. The third kappa shape index (κ3) is 5.64. The Bertz CT molecular complexity index is 1100. The van der Waals surface area contributed by atoms with Gasteiger partial charge in [0, 0.05) is 6.42 Å². The molecule has 2 aromatic carbocycles. The smallest absolute Gasteiger partial charge is 0.327 e. The molecule has 1 amide bonds. The number of hydrogen-bond acceptors (Lipinski definition) is 5. The van der Waals surface area contributed by atoms with E-state index in [1.807, 2.05) is 44.2 Å². The van der Waals surface area contributed by atoms with E-state index >= 15 is 0 Å². The predicted molar refractivity (Wildman–Crippen MR) is 128 cm³/mol. The van der Waals surface area contributed by atoms with E-state index in [4.69, 9.17) is 4.74 Å². The molecule has 0 spiro atoms. The van der Waals surface area contributed by atoms with Crippen LogP contribution in [0.2, 0.25) is 0 Å². The fourth-order valence-corrected chi connectivity index (χ4v) is 6.66. The van der Waals surface area contributed by atoms with Crippen LogP contribution in [0.4, 0.5) is 0 Å². The minimum Gasteiger partial charge on any atom is -0.463 e. The van der Waals surface area contributed by atoms with E-state index in [-0.39, 0.29) is 36.8 Å². The molecule has 0 heterocycles. The predicted octanol–water partition coefficient (Wildman–Crippen LogP) is 3.99. The maximum absolute atomic E-state index is 13.6. The first-order chi connectivity index (χ1) is 15.7. The van der Waals surface area contributed by atoms with Crippen LogP contribution in [-0.4, -0.2) is 38.2 Å². The average Bonchev–Trinajstić information content (AvgIpc) is 3.30. The minimum atomic E-state index is -3.91. The van der Waals surface area contributed by atoms with Crippen molar-refractivity contribution < 1.29 is 22.7 Å². The number of carbonyl (C=O) groups excluding carboxylic acids is 2. The van der Waals surface area contributed by atoms with Crippen LogP contribution >= 0.6 is 0 Å². The number of amides is 1. The van der Waals surface area contributed by atoms with Gasteiger partial charge in [0.25, 0.3) is 0 Å². The summed E-state index contributed by atoms with van der Waals surface area (Å²) in [7, 11) is -3.91. The largest absolute Gasteiger partial charge is 0.463 e. The van der Waals surface area contributed by atoms with E-state index in [1.165, 1.54) is 5.56 Å². The second-order valence-electron chi connectivity index (χ2n) is 8.95. The van der Waals surface area contributed by atoms with E-state index in [1.54, 1.807) is 19.1 Å². The van der Waals surface area contributed by atoms with Crippen LogP contribution in [0, 0.1) is 20.8 Å². The highest BCUT2D eigenvalue weighted by Gasteiger charge is 2.54. The van der Waals surface area contributed by atoms with Gasteiger partial charge in [0.1, 0.15) is 6.61 Å². The van der Waals surface area contributed by atoms with Gasteiger partial charge in [0.2, 0.25) is 5.91 Å². The van der Waals surface area contributed by atoms with Crippen molar-refractivity contribution in [3.63, 3.8) is 0 Å². The quantitative estimate of drug-likeness (QED) is 0.441. The van der Waals surface area contributed by atoms with Crippen LogP contribution < -0.4 is 5.32 Å². The van der Waals surface area contributed by atoms with Gasteiger partial charge in [-0.05, 0) is 62.8 Å². The van der Waals surface area contributed by atoms with Gasteiger partial charge in [-0.2, -0.15) is 0 Å². The third-order valence-corrected chi connectivity index (χ3v) is 8.97. The Labute approximate surface area is 196 Å². The van der Waals surface area contributed by atoms with Gasteiger partial charge in [-0.3, -0.25) is 9.59 Å². The maximum Gasteiger partial charge on any atom is 0.327 e. The highest BCUT2D eigenvalue weighted by Crippen LogP contribution is 2.42. The van der Waals surface area contributed by atoms with Gasteiger partial charge in [-0.1, -0.05) is 54.8 Å². The standard InChI is InChI=1S/C26H33NO5S/c1-19-7-10-22(11-8-19)12-13-24(28)27-16-17-32-25(29)26(14-4-5-15-26)33(30,31)23-18-20(2)6-9-21(23)3/h6-11,18H,4-5,12-17H2,1-3H3,(H,27,28). The summed E-state index contributed by atoms with van der Waals surface area (Å²) in [5.41, 5.74) is 3.71. The molecule has 1 aliphatic carbocycles. The summed E-state index contributed by atoms with van der Waals surface area (Å²) in [5, 5.41) is 2.74. The number of ether oxygens (including phenoxy) is 1. The lowest BCUT2D eigenvalue weighted by Crippen LogP contribution is -2.46. The number of sulfone groups is 1. The molecule has 0 aromatic heterocycles. The summed E-state index contributed by atoms with van der Waals surface area (Å²) in [6.45, 7) is 5.68. The average molecular weight is 472 g/mol. The van der Waals surface area contributed by atoms with Crippen LogP contribution in [0.25, 0.3) is 0 Å².